The molecule has 5 heteroatoms. The number of aromatic nitrogens is 2. The van der Waals surface area contributed by atoms with Gasteiger partial charge in [-0.3, -0.25) is 5.41 Å². The van der Waals surface area contributed by atoms with E-state index in [1.807, 2.05) is 0 Å². The minimum atomic E-state index is 0.128. The third-order valence-corrected chi connectivity index (χ3v) is 1.33. The quantitative estimate of drug-likeness (QED) is 0.451. The Morgan fingerprint density at radius 3 is 3.11 bits per heavy atom. The highest BCUT2D eigenvalue weighted by molar-refractivity contribution is 7.03. The first kappa shape index (κ1) is 6.15. The van der Waals surface area contributed by atoms with E-state index >= 15 is 0 Å². The maximum absolute atomic E-state index is 6.89. The highest BCUT2D eigenvalue weighted by Gasteiger charge is 1.95. The van der Waals surface area contributed by atoms with Gasteiger partial charge in [0.1, 0.15) is 0 Å². The summed E-state index contributed by atoms with van der Waals surface area (Å²) in [6, 6.07) is 0. The summed E-state index contributed by atoms with van der Waals surface area (Å²) in [5.41, 5.74) is 5.87. The second-order valence-electron chi connectivity index (χ2n) is 1.60. The van der Waals surface area contributed by atoms with Crippen molar-refractivity contribution in [3.63, 3.8) is 0 Å². The van der Waals surface area contributed by atoms with Crippen molar-refractivity contribution in [1.29, 1.82) is 5.41 Å². The lowest BCUT2D eigenvalue weighted by molar-refractivity contribution is 1.05. The molecule has 0 aliphatic carbocycles. The van der Waals surface area contributed by atoms with Crippen molar-refractivity contribution in [2.24, 2.45) is 5.73 Å². The Morgan fingerprint density at radius 2 is 2.67 bits per heavy atom. The van der Waals surface area contributed by atoms with Gasteiger partial charge in [-0.1, -0.05) is 4.49 Å². The molecule has 0 bridgehead atoms. The zero-order chi connectivity index (χ0) is 6.69. The predicted octanol–water partition coefficient (Wildman–Crippen LogP) is 0.0166. The van der Waals surface area contributed by atoms with Crippen LogP contribution in [0.2, 0.25) is 0 Å². The second kappa shape index (κ2) is 2.54. The number of hydrogen-bond donors (Lipinski definition) is 2. The topological polar surface area (TPSA) is 75.7 Å². The number of rotatable bonds is 2. The van der Waals surface area contributed by atoms with Crippen LogP contribution in [0.25, 0.3) is 0 Å². The molecule has 3 N–H and O–H groups in total. The molecule has 4 nitrogen and oxygen atoms in total. The zero-order valence-electron chi connectivity index (χ0n) is 4.66. The van der Waals surface area contributed by atoms with Gasteiger partial charge < -0.3 is 5.73 Å². The summed E-state index contributed by atoms with van der Waals surface area (Å²) in [5.74, 6) is 0.128. The maximum Gasteiger partial charge on any atom is 0.0967 e. The number of nitrogens with one attached hydrogen (secondary N) is 1. The summed E-state index contributed by atoms with van der Waals surface area (Å²) in [7, 11) is 0. The lowest BCUT2D eigenvalue weighted by Crippen LogP contribution is -2.12. The van der Waals surface area contributed by atoms with Crippen molar-refractivity contribution in [3.8, 4) is 0 Å². The van der Waals surface area contributed by atoms with Crippen LogP contribution in [-0.2, 0) is 6.42 Å². The van der Waals surface area contributed by atoms with Crippen molar-refractivity contribution < 1.29 is 0 Å². The van der Waals surface area contributed by atoms with E-state index in [9.17, 15) is 0 Å². The lowest BCUT2D eigenvalue weighted by Gasteiger charge is -1.87. The first-order valence-corrected chi connectivity index (χ1v) is 3.21. The SMILES string of the molecule is N=C(N)Cc1csnn1. The molecule has 0 radical (unpaired) electrons. The van der Waals surface area contributed by atoms with Gasteiger partial charge in [0.05, 0.1) is 11.5 Å². The smallest absolute Gasteiger partial charge is 0.0967 e. The summed E-state index contributed by atoms with van der Waals surface area (Å²) in [6.07, 6.45) is 0.413. The monoisotopic (exact) mass is 142 g/mol. The van der Waals surface area contributed by atoms with Crippen LogP contribution in [0.5, 0.6) is 0 Å². The van der Waals surface area contributed by atoms with Gasteiger partial charge in [0, 0.05) is 11.8 Å². The molecule has 0 fully saturated rings. The summed E-state index contributed by atoms with van der Waals surface area (Å²) in [4.78, 5) is 0. The van der Waals surface area contributed by atoms with Crippen LogP contribution in [0.4, 0.5) is 0 Å². The summed E-state index contributed by atoms with van der Waals surface area (Å²) < 4.78 is 3.61. The number of hydrogen-bond acceptors (Lipinski definition) is 4. The van der Waals surface area contributed by atoms with Crippen LogP contribution in [-0.4, -0.2) is 15.4 Å². The fourth-order valence-electron chi connectivity index (χ4n) is 0.456. The molecule has 0 atom stereocenters. The van der Waals surface area contributed by atoms with Crippen molar-refractivity contribution in [2.75, 3.05) is 0 Å². The highest BCUT2D eigenvalue weighted by atomic mass is 32.1. The molecule has 1 rings (SSSR count). The van der Waals surface area contributed by atoms with Crippen molar-refractivity contribution >= 4 is 17.4 Å². The number of nitrogens with zero attached hydrogens (tertiary/aromatic N) is 2. The Balaban J connectivity index is 2.58. The fourth-order valence-corrected chi connectivity index (χ4v) is 0.907. The van der Waals surface area contributed by atoms with E-state index in [1.165, 1.54) is 11.5 Å². The second-order valence-corrected chi connectivity index (χ2v) is 2.21. The Labute approximate surface area is 56.4 Å². The summed E-state index contributed by atoms with van der Waals surface area (Å²) in [5, 5.41) is 12.4. The van der Waals surface area contributed by atoms with Gasteiger partial charge in [-0.05, 0) is 11.5 Å². The van der Waals surface area contributed by atoms with Crippen LogP contribution in [0.15, 0.2) is 5.38 Å². The third-order valence-electron chi connectivity index (χ3n) is 0.777. The average Bonchev–Trinajstić information content (AvgIpc) is 2.15. The molecule has 1 heterocycles. The van der Waals surface area contributed by atoms with Gasteiger partial charge >= 0.3 is 0 Å². The zero-order valence-corrected chi connectivity index (χ0v) is 5.48. The molecular formula is C4H6N4S. The van der Waals surface area contributed by atoms with E-state index in [4.69, 9.17) is 11.1 Å². The first-order chi connectivity index (χ1) is 4.29. The van der Waals surface area contributed by atoms with Crippen LogP contribution in [0, 0.1) is 5.41 Å². The molecule has 9 heavy (non-hydrogen) atoms. The Kier molecular flexibility index (Phi) is 1.74. The Morgan fingerprint density at radius 1 is 1.89 bits per heavy atom. The first-order valence-electron chi connectivity index (χ1n) is 2.38. The van der Waals surface area contributed by atoms with E-state index in [-0.39, 0.29) is 5.84 Å². The minimum Gasteiger partial charge on any atom is -0.387 e. The van der Waals surface area contributed by atoms with E-state index in [2.05, 4.69) is 9.59 Å². The normalized spacial score (nSPS) is 9.33. The van der Waals surface area contributed by atoms with Gasteiger partial charge in [-0.2, -0.15) is 0 Å². The molecule has 0 saturated carbocycles. The van der Waals surface area contributed by atoms with Gasteiger partial charge in [-0.15, -0.1) is 5.10 Å². The van der Waals surface area contributed by atoms with Crippen LogP contribution in [0.3, 0.4) is 0 Å². The van der Waals surface area contributed by atoms with Crippen molar-refractivity contribution in [3.05, 3.63) is 11.1 Å². The van der Waals surface area contributed by atoms with E-state index in [0.29, 0.717) is 6.42 Å². The van der Waals surface area contributed by atoms with Gasteiger partial charge in [0.25, 0.3) is 0 Å². The van der Waals surface area contributed by atoms with Gasteiger partial charge in [-0.25, -0.2) is 0 Å². The van der Waals surface area contributed by atoms with Gasteiger partial charge in [0.2, 0.25) is 0 Å². The minimum absolute atomic E-state index is 0.128. The van der Waals surface area contributed by atoms with Crippen LogP contribution < -0.4 is 5.73 Å². The number of nitrogens with two attached hydrogens (primary N) is 1. The molecule has 0 aliphatic heterocycles. The molecule has 0 aliphatic rings. The molecule has 1 aromatic heterocycles. The van der Waals surface area contributed by atoms with Crippen LogP contribution in [0.1, 0.15) is 5.69 Å². The Bertz CT molecular complexity index is 192. The van der Waals surface area contributed by atoms with Crippen molar-refractivity contribution in [1.82, 2.24) is 9.59 Å². The molecule has 0 spiro atoms. The molecular weight excluding hydrogens is 136 g/mol. The fraction of sp³-hybridized carbons (Fsp3) is 0.250. The molecule has 1 aromatic rings. The molecule has 0 aromatic carbocycles. The largest absolute Gasteiger partial charge is 0.387 e. The van der Waals surface area contributed by atoms with E-state index in [1.54, 1.807) is 5.38 Å². The maximum atomic E-state index is 6.89. The summed E-state index contributed by atoms with van der Waals surface area (Å²) in [6.45, 7) is 0. The average molecular weight is 142 g/mol. The molecule has 0 amide bonds. The number of amidine groups is 1. The predicted molar refractivity (Wildman–Crippen MR) is 35.5 cm³/mol. The lowest BCUT2D eigenvalue weighted by atomic mass is 10.3. The third kappa shape index (κ3) is 1.77. The molecule has 0 unspecified atom stereocenters. The van der Waals surface area contributed by atoms with Crippen LogP contribution >= 0.6 is 11.5 Å². The highest BCUT2D eigenvalue weighted by Crippen LogP contribution is 1.96. The Hall–Kier alpha value is -0.970. The van der Waals surface area contributed by atoms with E-state index in [0.717, 1.165) is 5.69 Å². The van der Waals surface area contributed by atoms with E-state index < -0.39 is 0 Å². The summed E-state index contributed by atoms with van der Waals surface area (Å²) >= 11 is 1.27. The standard InChI is InChI=1S/C4H6N4S/c5-4(6)1-3-2-9-8-7-3/h2H,1H2,(H3,5,6). The van der Waals surface area contributed by atoms with Crippen molar-refractivity contribution in [2.45, 2.75) is 6.42 Å². The molecule has 48 valence electrons. The molecule has 0 saturated heterocycles. The van der Waals surface area contributed by atoms with Gasteiger partial charge in [0.15, 0.2) is 0 Å².